The molecule has 1 heterocycles. The van der Waals surface area contributed by atoms with Crippen molar-refractivity contribution >= 4 is 0 Å². The maximum absolute atomic E-state index is 5.40. The largest absolute Gasteiger partial charge is 0.454 e. The first-order chi connectivity index (χ1) is 7.76. The van der Waals surface area contributed by atoms with Crippen molar-refractivity contribution in [3.63, 3.8) is 0 Å². The van der Waals surface area contributed by atoms with Gasteiger partial charge in [-0.25, -0.2) is 0 Å². The van der Waals surface area contributed by atoms with Gasteiger partial charge in [-0.05, 0) is 44.0 Å². The van der Waals surface area contributed by atoms with Crippen molar-refractivity contribution in [1.82, 2.24) is 5.32 Å². The number of ether oxygens (including phenoxy) is 2. The Morgan fingerprint density at radius 1 is 1.31 bits per heavy atom. The summed E-state index contributed by atoms with van der Waals surface area (Å²) in [6.45, 7) is 4.76. The van der Waals surface area contributed by atoms with Crippen LogP contribution in [0.4, 0.5) is 0 Å². The first-order valence-electron chi connectivity index (χ1n) is 5.83. The molecule has 2 atom stereocenters. The molecule has 3 heteroatoms. The van der Waals surface area contributed by atoms with E-state index in [0.29, 0.717) is 18.8 Å². The van der Waals surface area contributed by atoms with Crippen LogP contribution in [0.3, 0.4) is 0 Å². The lowest BCUT2D eigenvalue weighted by molar-refractivity contribution is 0.174. The monoisotopic (exact) mass is 221 g/mol. The molecule has 2 unspecified atom stereocenters. The third-order valence-corrected chi connectivity index (χ3v) is 3.32. The SMILES string of the molecule is CCC(c1ccc2c(c1)OCO2)C(C)NC. The van der Waals surface area contributed by atoms with Crippen molar-refractivity contribution in [3.8, 4) is 11.5 Å². The van der Waals surface area contributed by atoms with Crippen LogP contribution < -0.4 is 14.8 Å². The molecule has 88 valence electrons. The third-order valence-electron chi connectivity index (χ3n) is 3.32. The number of nitrogens with one attached hydrogen (secondary N) is 1. The van der Waals surface area contributed by atoms with Crippen LogP contribution in [0.5, 0.6) is 11.5 Å². The van der Waals surface area contributed by atoms with Crippen LogP contribution in [0.15, 0.2) is 18.2 Å². The van der Waals surface area contributed by atoms with Crippen LogP contribution in [0, 0.1) is 0 Å². The van der Waals surface area contributed by atoms with E-state index in [4.69, 9.17) is 9.47 Å². The molecule has 0 aliphatic carbocycles. The Bertz CT molecular complexity index is 365. The summed E-state index contributed by atoms with van der Waals surface area (Å²) in [5.74, 6) is 2.24. The first-order valence-corrected chi connectivity index (χ1v) is 5.83. The van der Waals surface area contributed by atoms with Gasteiger partial charge in [0.25, 0.3) is 0 Å². The van der Waals surface area contributed by atoms with E-state index in [9.17, 15) is 0 Å². The van der Waals surface area contributed by atoms with Gasteiger partial charge >= 0.3 is 0 Å². The highest BCUT2D eigenvalue weighted by atomic mass is 16.7. The van der Waals surface area contributed by atoms with Crippen LogP contribution in [-0.4, -0.2) is 19.9 Å². The van der Waals surface area contributed by atoms with E-state index >= 15 is 0 Å². The lowest BCUT2D eigenvalue weighted by Gasteiger charge is -2.22. The van der Waals surface area contributed by atoms with E-state index < -0.39 is 0 Å². The second-order valence-corrected chi connectivity index (χ2v) is 4.20. The molecule has 0 saturated heterocycles. The standard InChI is InChI=1S/C13H19NO2/c1-4-11(9(2)14-3)10-5-6-12-13(7-10)16-8-15-12/h5-7,9,11,14H,4,8H2,1-3H3. The van der Waals surface area contributed by atoms with Crippen LogP contribution in [0.1, 0.15) is 31.7 Å². The maximum atomic E-state index is 5.40. The van der Waals surface area contributed by atoms with Gasteiger partial charge < -0.3 is 14.8 Å². The lowest BCUT2D eigenvalue weighted by atomic mass is 9.90. The summed E-state index contributed by atoms with van der Waals surface area (Å²) in [6, 6.07) is 6.70. The summed E-state index contributed by atoms with van der Waals surface area (Å²) in [7, 11) is 2.00. The second kappa shape index (κ2) is 4.74. The highest BCUT2D eigenvalue weighted by Gasteiger charge is 2.20. The molecule has 1 aromatic carbocycles. The Balaban J connectivity index is 2.25. The fraction of sp³-hybridized carbons (Fsp3) is 0.538. The van der Waals surface area contributed by atoms with Crippen LogP contribution in [-0.2, 0) is 0 Å². The minimum atomic E-state index is 0.344. The number of hydrogen-bond donors (Lipinski definition) is 1. The first kappa shape index (κ1) is 11.3. The van der Waals surface area contributed by atoms with E-state index in [-0.39, 0.29) is 0 Å². The normalized spacial score (nSPS) is 17.2. The van der Waals surface area contributed by atoms with E-state index in [1.165, 1.54) is 5.56 Å². The van der Waals surface area contributed by atoms with Crippen LogP contribution in [0.2, 0.25) is 0 Å². The summed E-state index contributed by atoms with van der Waals surface area (Å²) >= 11 is 0. The van der Waals surface area contributed by atoms with Gasteiger partial charge in [0.05, 0.1) is 0 Å². The summed E-state index contributed by atoms with van der Waals surface area (Å²) in [5, 5.41) is 3.31. The van der Waals surface area contributed by atoms with Crippen molar-refractivity contribution in [3.05, 3.63) is 23.8 Å². The highest BCUT2D eigenvalue weighted by Crippen LogP contribution is 2.36. The van der Waals surface area contributed by atoms with Crippen molar-refractivity contribution in [1.29, 1.82) is 0 Å². The zero-order valence-electron chi connectivity index (χ0n) is 10.1. The van der Waals surface area contributed by atoms with Gasteiger partial charge in [0, 0.05) is 6.04 Å². The molecule has 0 bridgehead atoms. The van der Waals surface area contributed by atoms with Crippen molar-refractivity contribution < 1.29 is 9.47 Å². The number of fused-ring (bicyclic) bond motifs is 1. The summed E-state index contributed by atoms with van der Waals surface area (Å²) in [6.07, 6.45) is 1.11. The summed E-state index contributed by atoms with van der Waals surface area (Å²) < 4.78 is 10.7. The molecular weight excluding hydrogens is 202 g/mol. The van der Waals surface area contributed by atoms with E-state index in [1.807, 2.05) is 13.1 Å². The zero-order valence-corrected chi connectivity index (χ0v) is 10.1. The van der Waals surface area contributed by atoms with E-state index in [0.717, 1.165) is 17.9 Å². The molecule has 1 N–H and O–H groups in total. The third kappa shape index (κ3) is 2.00. The Morgan fingerprint density at radius 2 is 2.06 bits per heavy atom. The number of hydrogen-bond acceptors (Lipinski definition) is 3. The van der Waals surface area contributed by atoms with Gasteiger partial charge in [-0.3, -0.25) is 0 Å². The van der Waals surface area contributed by atoms with Gasteiger partial charge in [-0.1, -0.05) is 13.0 Å². The molecule has 2 rings (SSSR count). The van der Waals surface area contributed by atoms with Gasteiger partial charge in [0.2, 0.25) is 6.79 Å². The van der Waals surface area contributed by atoms with E-state index in [2.05, 4.69) is 31.3 Å². The molecule has 0 amide bonds. The summed E-state index contributed by atoms with van der Waals surface area (Å²) in [5.41, 5.74) is 1.31. The average Bonchev–Trinajstić information content (AvgIpc) is 2.77. The Hall–Kier alpha value is -1.22. The molecule has 16 heavy (non-hydrogen) atoms. The predicted molar refractivity (Wildman–Crippen MR) is 64.1 cm³/mol. The maximum Gasteiger partial charge on any atom is 0.231 e. The average molecular weight is 221 g/mol. The predicted octanol–water partition coefficient (Wildman–Crippen LogP) is 2.52. The van der Waals surface area contributed by atoms with Crippen molar-refractivity contribution in [2.45, 2.75) is 32.2 Å². The fourth-order valence-electron chi connectivity index (χ4n) is 2.22. The van der Waals surface area contributed by atoms with E-state index in [1.54, 1.807) is 0 Å². The van der Waals surface area contributed by atoms with Gasteiger partial charge in [-0.2, -0.15) is 0 Å². The molecule has 0 fully saturated rings. The molecule has 3 nitrogen and oxygen atoms in total. The molecule has 0 saturated carbocycles. The Labute approximate surface area is 96.8 Å². The number of likely N-dealkylation sites (N-methyl/N-ethyl adjacent to an activating group) is 1. The van der Waals surface area contributed by atoms with Gasteiger partial charge in [-0.15, -0.1) is 0 Å². The molecule has 1 aliphatic rings. The van der Waals surface area contributed by atoms with Crippen LogP contribution in [0.25, 0.3) is 0 Å². The van der Waals surface area contributed by atoms with Gasteiger partial charge in [0.1, 0.15) is 0 Å². The molecule has 1 aliphatic heterocycles. The second-order valence-electron chi connectivity index (χ2n) is 4.20. The molecular formula is C13H19NO2. The quantitative estimate of drug-likeness (QED) is 0.847. The minimum Gasteiger partial charge on any atom is -0.454 e. The smallest absolute Gasteiger partial charge is 0.231 e. The molecule has 0 radical (unpaired) electrons. The number of benzene rings is 1. The molecule has 0 spiro atoms. The topological polar surface area (TPSA) is 30.5 Å². The van der Waals surface area contributed by atoms with Crippen molar-refractivity contribution in [2.24, 2.45) is 0 Å². The minimum absolute atomic E-state index is 0.344. The highest BCUT2D eigenvalue weighted by molar-refractivity contribution is 5.45. The molecule has 0 aromatic heterocycles. The number of rotatable bonds is 4. The van der Waals surface area contributed by atoms with Crippen LogP contribution >= 0.6 is 0 Å². The fourth-order valence-corrected chi connectivity index (χ4v) is 2.22. The molecule has 1 aromatic rings. The summed E-state index contributed by atoms with van der Waals surface area (Å²) in [4.78, 5) is 0. The zero-order chi connectivity index (χ0) is 11.5. The Kier molecular flexibility index (Phi) is 3.34. The lowest BCUT2D eigenvalue weighted by Crippen LogP contribution is -2.28. The Morgan fingerprint density at radius 3 is 2.75 bits per heavy atom. The van der Waals surface area contributed by atoms with Gasteiger partial charge in [0.15, 0.2) is 11.5 Å². The van der Waals surface area contributed by atoms with Crippen molar-refractivity contribution in [2.75, 3.05) is 13.8 Å².